The molecule has 3 N–H and O–H groups in total. The highest BCUT2D eigenvalue weighted by Gasteiger charge is 1.98. The molecule has 0 heterocycles. The Bertz CT molecular complexity index is 232. The monoisotopic (exact) mass is 137 g/mol. The molecule has 0 unspecified atom stereocenters. The third-order valence-corrected chi connectivity index (χ3v) is 1.69. The molecular formula is C8H11NO. The predicted molar refractivity (Wildman–Crippen MR) is 42.0 cm³/mol. The maximum atomic E-state index is 9.04. The van der Waals surface area contributed by atoms with Gasteiger partial charge in [-0.3, -0.25) is 0 Å². The lowest BCUT2D eigenvalue weighted by Gasteiger charge is -2.03. The van der Waals surface area contributed by atoms with E-state index in [1.54, 1.807) is 12.1 Å². The molecule has 0 aliphatic heterocycles. The van der Waals surface area contributed by atoms with Crippen molar-refractivity contribution in [2.24, 2.45) is 0 Å². The second kappa shape index (κ2) is 2.21. The van der Waals surface area contributed by atoms with Gasteiger partial charge < -0.3 is 10.8 Å². The lowest BCUT2D eigenvalue weighted by molar-refractivity contribution is 0.475. The molecule has 2 nitrogen and oxygen atoms in total. The van der Waals surface area contributed by atoms with Crippen LogP contribution in [-0.4, -0.2) is 5.11 Å². The zero-order valence-electron chi connectivity index (χ0n) is 6.18. The van der Waals surface area contributed by atoms with Crippen LogP contribution in [0.5, 0.6) is 5.75 Å². The number of rotatable bonds is 0. The molecule has 0 radical (unpaired) electrons. The normalized spacial score (nSPS) is 9.80. The molecule has 0 aliphatic carbocycles. The number of phenols is 1. The first kappa shape index (κ1) is 6.93. The van der Waals surface area contributed by atoms with Gasteiger partial charge in [-0.25, -0.2) is 0 Å². The van der Waals surface area contributed by atoms with Crippen LogP contribution in [0.4, 0.5) is 5.69 Å². The van der Waals surface area contributed by atoms with Gasteiger partial charge in [0, 0.05) is 11.8 Å². The third-order valence-electron chi connectivity index (χ3n) is 1.69. The fourth-order valence-corrected chi connectivity index (χ4v) is 0.867. The molecule has 0 amide bonds. The van der Waals surface area contributed by atoms with E-state index in [0.717, 1.165) is 11.1 Å². The largest absolute Gasteiger partial charge is 0.508 e. The molecule has 0 saturated heterocycles. The zero-order chi connectivity index (χ0) is 7.72. The average molecular weight is 137 g/mol. The van der Waals surface area contributed by atoms with Crippen molar-refractivity contribution < 1.29 is 5.11 Å². The van der Waals surface area contributed by atoms with Gasteiger partial charge in [0.15, 0.2) is 0 Å². The number of nitrogen functional groups attached to an aromatic ring is 1. The van der Waals surface area contributed by atoms with E-state index in [-0.39, 0.29) is 5.75 Å². The Kier molecular flexibility index (Phi) is 1.53. The average Bonchev–Trinajstić information content (AvgIpc) is 1.82. The molecule has 0 saturated carbocycles. The summed E-state index contributed by atoms with van der Waals surface area (Å²) >= 11 is 0. The van der Waals surface area contributed by atoms with Gasteiger partial charge in [-0.1, -0.05) is 0 Å². The number of hydrogen-bond acceptors (Lipinski definition) is 2. The van der Waals surface area contributed by atoms with E-state index in [2.05, 4.69) is 0 Å². The summed E-state index contributed by atoms with van der Waals surface area (Å²) < 4.78 is 0. The Morgan fingerprint density at radius 3 is 2.40 bits per heavy atom. The molecule has 54 valence electrons. The molecule has 0 atom stereocenters. The van der Waals surface area contributed by atoms with Gasteiger partial charge in [0.2, 0.25) is 0 Å². The molecule has 0 spiro atoms. The molecule has 10 heavy (non-hydrogen) atoms. The van der Waals surface area contributed by atoms with Crippen molar-refractivity contribution in [1.82, 2.24) is 0 Å². The van der Waals surface area contributed by atoms with Gasteiger partial charge in [-0.2, -0.15) is 0 Å². The van der Waals surface area contributed by atoms with Crippen molar-refractivity contribution in [1.29, 1.82) is 0 Å². The van der Waals surface area contributed by atoms with Crippen molar-refractivity contribution in [2.75, 3.05) is 5.73 Å². The molecule has 2 heteroatoms. The topological polar surface area (TPSA) is 46.2 Å². The highest BCUT2D eigenvalue weighted by molar-refractivity contribution is 5.54. The van der Waals surface area contributed by atoms with Crippen LogP contribution in [0.1, 0.15) is 11.1 Å². The zero-order valence-corrected chi connectivity index (χ0v) is 6.18. The fourth-order valence-electron chi connectivity index (χ4n) is 0.867. The standard InChI is InChI=1S/C8H11NO/c1-5-3-7(10)4-8(9)6(5)2/h3-4,10H,9H2,1-2H3. The fraction of sp³-hybridized carbons (Fsp3) is 0.250. The first-order chi connectivity index (χ1) is 4.61. The highest BCUT2D eigenvalue weighted by Crippen LogP contribution is 2.21. The van der Waals surface area contributed by atoms with E-state index in [4.69, 9.17) is 10.8 Å². The Morgan fingerprint density at radius 1 is 1.30 bits per heavy atom. The summed E-state index contributed by atoms with van der Waals surface area (Å²) in [6.45, 7) is 3.86. The Hall–Kier alpha value is -1.18. The maximum Gasteiger partial charge on any atom is 0.117 e. The Balaban J connectivity index is 3.31. The smallest absolute Gasteiger partial charge is 0.117 e. The van der Waals surface area contributed by atoms with Gasteiger partial charge in [-0.05, 0) is 31.0 Å². The van der Waals surface area contributed by atoms with Gasteiger partial charge >= 0.3 is 0 Å². The van der Waals surface area contributed by atoms with Crippen molar-refractivity contribution in [2.45, 2.75) is 13.8 Å². The SMILES string of the molecule is Cc1cc(O)cc(N)c1C. The quantitative estimate of drug-likeness (QED) is 0.533. The van der Waals surface area contributed by atoms with Gasteiger partial charge in [0.25, 0.3) is 0 Å². The van der Waals surface area contributed by atoms with Gasteiger partial charge in [0.05, 0.1) is 0 Å². The van der Waals surface area contributed by atoms with Crippen LogP contribution in [0, 0.1) is 13.8 Å². The molecule has 1 aromatic rings. The van der Waals surface area contributed by atoms with E-state index < -0.39 is 0 Å². The van der Waals surface area contributed by atoms with Gasteiger partial charge in [0.1, 0.15) is 5.75 Å². The summed E-state index contributed by atoms with van der Waals surface area (Å²) in [6.07, 6.45) is 0. The van der Waals surface area contributed by atoms with Crippen LogP contribution >= 0.6 is 0 Å². The van der Waals surface area contributed by atoms with E-state index in [0.29, 0.717) is 5.69 Å². The highest BCUT2D eigenvalue weighted by atomic mass is 16.3. The van der Waals surface area contributed by atoms with Crippen LogP contribution in [0.25, 0.3) is 0 Å². The molecule has 0 fully saturated rings. The van der Waals surface area contributed by atoms with E-state index in [1.807, 2.05) is 13.8 Å². The molecular weight excluding hydrogens is 126 g/mol. The second-order valence-electron chi connectivity index (χ2n) is 2.48. The van der Waals surface area contributed by atoms with Crippen LogP contribution in [0.2, 0.25) is 0 Å². The molecule has 0 aliphatic rings. The lowest BCUT2D eigenvalue weighted by atomic mass is 10.1. The number of phenolic OH excluding ortho intramolecular Hbond substituents is 1. The number of aromatic hydroxyl groups is 1. The van der Waals surface area contributed by atoms with E-state index >= 15 is 0 Å². The van der Waals surface area contributed by atoms with Crippen LogP contribution in [-0.2, 0) is 0 Å². The van der Waals surface area contributed by atoms with Crippen LogP contribution < -0.4 is 5.73 Å². The minimum absolute atomic E-state index is 0.237. The number of hydrogen-bond donors (Lipinski definition) is 2. The molecule has 1 aromatic carbocycles. The number of benzene rings is 1. The summed E-state index contributed by atoms with van der Waals surface area (Å²) in [5.74, 6) is 0.237. The first-order valence-electron chi connectivity index (χ1n) is 3.17. The lowest BCUT2D eigenvalue weighted by Crippen LogP contribution is -1.91. The van der Waals surface area contributed by atoms with Crippen LogP contribution in [0.3, 0.4) is 0 Å². The Labute approximate surface area is 60.3 Å². The van der Waals surface area contributed by atoms with E-state index in [1.165, 1.54) is 0 Å². The molecule has 0 aromatic heterocycles. The number of nitrogens with two attached hydrogens (primary N) is 1. The third kappa shape index (κ3) is 1.05. The van der Waals surface area contributed by atoms with Crippen molar-refractivity contribution >= 4 is 5.69 Å². The summed E-state index contributed by atoms with van der Waals surface area (Å²) in [5.41, 5.74) is 8.28. The van der Waals surface area contributed by atoms with Crippen molar-refractivity contribution in [3.8, 4) is 5.75 Å². The van der Waals surface area contributed by atoms with Gasteiger partial charge in [-0.15, -0.1) is 0 Å². The second-order valence-corrected chi connectivity index (χ2v) is 2.48. The van der Waals surface area contributed by atoms with Crippen molar-refractivity contribution in [3.63, 3.8) is 0 Å². The van der Waals surface area contributed by atoms with Crippen LogP contribution in [0.15, 0.2) is 12.1 Å². The number of aryl methyl sites for hydroxylation is 1. The van der Waals surface area contributed by atoms with Crippen molar-refractivity contribution in [3.05, 3.63) is 23.3 Å². The molecule has 1 rings (SSSR count). The minimum Gasteiger partial charge on any atom is -0.508 e. The molecule has 0 bridgehead atoms. The number of anilines is 1. The predicted octanol–water partition coefficient (Wildman–Crippen LogP) is 1.59. The maximum absolute atomic E-state index is 9.04. The summed E-state index contributed by atoms with van der Waals surface area (Å²) in [7, 11) is 0. The summed E-state index contributed by atoms with van der Waals surface area (Å²) in [6, 6.07) is 3.26. The van der Waals surface area contributed by atoms with E-state index in [9.17, 15) is 0 Å². The Morgan fingerprint density at radius 2 is 1.90 bits per heavy atom. The summed E-state index contributed by atoms with van der Waals surface area (Å²) in [5, 5.41) is 9.04. The minimum atomic E-state index is 0.237. The first-order valence-corrected chi connectivity index (χ1v) is 3.17. The summed E-state index contributed by atoms with van der Waals surface area (Å²) in [4.78, 5) is 0.